The van der Waals surface area contributed by atoms with Gasteiger partial charge >= 0.3 is 0 Å². The van der Waals surface area contributed by atoms with Crippen LogP contribution in [0.25, 0.3) is 5.76 Å². The number of phenols is 1. The quantitative estimate of drug-likeness (QED) is 0.795. The summed E-state index contributed by atoms with van der Waals surface area (Å²) in [6.07, 6.45) is 4.61. The Labute approximate surface area is 150 Å². The van der Waals surface area contributed by atoms with Crippen LogP contribution in [0.15, 0.2) is 60.2 Å². The standard InChI is InChI=1S/C23H26O2/c1-22(2)12-7-13-23(15-17-8-4-3-5-9-17)16-25-20(21(22)23)18-10-6-11-19(24)14-18/h3-6,8-11,14,24H,7,12-13,15-16H2,1-2H3. The molecular weight excluding hydrogens is 308 g/mol. The zero-order valence-electron chi connectivity index (χ0n) is 15.1. The molecular formula is C23H26O2. The number of hydrogen-bond acceptors (Lipinski definition) is 2. The summed E-state index contributed by atoms with van der Waals surface area (Å²) < 4.78 is 6.32. The van der Waals surface area contributed by atoms with Gasteiger partial charge in [0, 0.05) is 11.0 Å². The molecule has 130 valence electrons. The van der Waals surface area contributed by atoms with Gasteiger partial charge in [0.05, 0.1) is 6.61 Å². The van der Waals surface area contributed by atoms with Crippen LogP contribution in [-0.2, 0) is 11.2 Å². The van der Waals surface area contributed by atoms with Gasteiger partial charge in [-0.2, -0.15) is 0 Å². The Hall–Kier alpha value is -2.22. The average molecular weight is 334 g/mol. The molecule has 1 unspecified atom stereocenters. The van der Waals surface area contributed by atoms with E-state index < -0.39 is 0 Å². The van der Waals surface area contributed by atoms with Crippen LogP contribution in [0, 0.1) is 10.8 Å². The first-order valence-corrected chi connectivity index (χ1v) is 9.22. The summed E-state index contributed by atoms with van der Waals surface area (Å²) in [7, 11) is 0. The van der Waals surface area contributed by atoms with Crippen molar-refractivity contribution in [3.63, 3.8) is 0 Å². The average Bonchev–Trinajstić information content (AvgIpc) is 2.96. The fraction of sp³-hybridized carbons (Fsp3) is 0.391. The molecule has 2 heteroatoms. The maximum atomic E-state index is 9.92. The van der Waals surface area contributed by atoms with Gasteiger partial charge in [0.15, 0.2) is 0 Å². The van der Waals surface area contributed by atoms with Crippen molar-refractivity contribution in [1.82, 2.24) is 0 Å². The molecule has 1 aliphatic carbocycles. The molecule has 0 radical (unpaired) electrons. The third-order valence-corrected chi connectivity index (χ3v) is 5.88. The largest absolute Gasteiger partial charge is 0.508 e. The van der Waals surface area contributed by atoms with Crippen molar-refractivity contribution in [3.05, 3.63) is 71.3 Å². The lowest BCUT2D eigenvalue weighted by Crippen LogP contribution is -2.38. The van der Waals surface area contributed by atoms with Gasteiger partial charge in [0.25, 0.3) is 0 Å². The molecule has 2 aromatic rings. The van der Waals surface area contributed by atoms with Crippen LogP contribution >= 0.6 is 0 Å². The van der Waals surface area contributed by atoms with Gasteiger partial charge in [-0.3, -0.25) is 0 Å². The zero-order chi connectivity index (χ0) is 17.5. The Morgan fingerprint density at radius 1 is 1.00 bits per heavy atom. The molecule has 2 aliphatic rings. The lowest BCUT2D eigenvalue weighted by atomic mass is 9.58. The van der Waals surface area contributed by atoms with Crippen LogP contribution < -0.4 is 0 Å². The predicted octanol–water partition coefficient (Wildman–Crippen LogP) is 5.57. The molecule has 1 heterocycles. The number of ether oxygens (including phenoxy) is 1. The van der Waals surface area contributed by atoms with Gasteiger partial charge in [-0.05, 0) is 47.9 Å². The first kappa shape index (κ1) is 16.3. The van der Waals surface area contributed by atoms with Crippen LogP contribution in [0.5, 0.6) is 5.75 Å². The third-order valence-electron chi connectivity index (χ3n) is 5.88. The van der Waals surface area contributed by atoms with E-state index in [0.29, 0.717) is 5.75 Å². The zero-order valence-corrected chi connectivity index (χ0v) is 15.1. The molecule has 2 aromatic carbocycles. The van der Waals surface area contributed by atoms with Gasteiger partial charge < -0.3 is 9.84 Å². The normalized spacial score (nSPS) is 24.7. The second-order valence-electron chi connectivity index (χ2n) is 8.22. The van der Waals surface area contributed by atoms with Crippen molar-refractivity contribution in [3.8, 4) is 5.75 Å². The summed E-state index contributed by atoms with van der Waals surface area (Å²) in [6, 6.07) is 18.2. The number of rotatable bonds is 3. The summed E-state index contributed by atoms with van der Waals surface area (Å²) in [6.45, 7) is 5.43. The first-order valence-electron chi connectivity index (χ1n) is 9.22. The summed E-state index contributed by atoms with van der Waals surface area (Å²) in [4.78, 5) is 0. The Balaban J connectivity index is 1.83. The van der Waals surface area contributed by atoms with Gasteiger partial charge in [-0.1, -0.05) is 62.7 Å². The number of aromatic hydroxyl groups is 1. The molecule has 1 fully saturated rings. The fourth-order valence-electron chi connectivity index (χ4n) is 4.90. The highest BCUT2D eigenvalue weighted by Crippen LogP contribution is 2.58. The second kappa shape index (κ2) is 5.94. The van der Waals surface area contributed by atoms with Crippen molar-refractivity contribution in [1.29, 1.82) is 0 Å². The van der Waals surface area contributed by atoms with Gasteiger partial charge in [-0.25, -0.2) is 0 Å². The van der Waals surface area contributed by atoms with E-state index in [1.807, 2.05) is 18.2 Å². The first-order chi connectivity index (χ1) is 12.0. The van der Waals surface area contributed by atoms with Crippen molar-refractivity contribution < 1.29 is 9.84 Å². The molecule has 1 saturated carbocycles. The van der Waals surface area contributed by atoms with Crippen LogP contribution in [0.2, 0.25) is 0 Å². The summed E-state index contributed by atoms with van der Waals surface area (Å²) in [5.74, 6) is 1.29. The minimum absolute atomic E-state index is 0.0733. The predicted molar refractivity (Wildman–Crippen MR) is 101 cm³/mol. The van der Waals surface area contributed by atoms with E-state index in [4.69, 9.17) is 4.74 Å². The lowest BCUT2D eigenvalue weighted by molar-refractivity contribution is 0.135. The van der Waals surface area contributed by atoms with Crippen LogP contribution in [-0.4, -0.2) is 11.7 Å². The smallest absolute Gasteiger partial charge is 0.127 e. The molecule has 1 atom stereocenters. The van der Waals surface area contributed by atoms with Crippen LogP contribution in [0.4, 0.5) is 0 Å². The highest BCUT2D eigenvalue weighted by atomic mass is 16.5. The van der Waals surface area contributed by atoms with E-state index in [-0.39, 0.29) is 10.8 Å². The molecule has 0 aromatic heterocycles. The Morgan fingerprint density at radius 2 is 1.80 bits per heavy atom. The van der Waals surface area contributed by atoms with Crippen molar-refractivity contribution in [2.45, 2.75) is 39.5 Å². The minimum atomic E-state index is 0.0733. The molecule has 25 heavy (non-hydrogen) atoms. The minimum Gasteiger partial charge on any atom is -0.508 e. The molecule has 1 N–H and O–H groups in total. The molecule has 1 aliphatic heterocycles. The Kier molecular flexibility index (Phi) is 3.87. The number of fused-ring (bicyclic) bond motifs is 1. The monoisotopic (exact) mass is 334 g/mol. The van der Waals surface area contributed by atoms with E-state index >= 15 is 0 Å². The van der Waals surface area contributed by atoms with E-state index in [1.165, 1.54) is 30.4 Å². The number of hydrogen-bond donors (Lipinski definition) is 1. The summed E-state index contributed by atoms with van der Waals surface area (Å²) >= 11 is 0. The molecule has 0 amide bonds. The van der Waals surface area contributed by atoms with Gasteiger partial charge in [-0.15, -0.1) is 0 Å². The summed E-state index contributed by atoms with van der Waals surface area (Å²) in [5, 5.41) is 9.92. The summed E-state index contributed by atoms with van der Waals surface area (Å²) in [5.41, 5.74) is 4.01. The molecule has 0 saturated heterocycles. The third kappa shape index (κ3) is 2.84. The van der Waals surface area contributed by atoms with Crippen LogP contribution in [0.1, 0.15) is 44.2 Å². The van der Waals surface area contributed by atoms with Gasteiger partial charge in [0.2, 0.25) is 0 Å². The highest BCUT2D eigenvalue weighted by molar-refractivity contribution is 5.69. The lowest BCUT2D eigenvalue weighted by Gasteiger charge is -2.44. The molecule has 4 rings (SSSR count). The number of phenolic OH excluding ortho intramolecular Hbond substituents is 1. The van der Waals surface area contributed by atoms with Gasteiger partial charge in [0.1, 0.15) is 11.5 Å². The maximum absolute atomic E-state index is 9.92. The highest BCUT2D eigenvalue weighted by Gasteiger charge is 2.51. The van der Waals surface area contributed by atoms with Crippen LogP contribution in [0.3, 0.4) is 0 Å². The second-order valence-corrected chi connectivity index (χ2v) is 8.22. The molecule has 0 spiro atoms. The van der Waals surface area contributed by atoms with Crippen molar-refractivity contribution in [2.24, 2.45) is 10.8 Å². The van der Waals surface area contributed by atoms with E-state index in [1.54, 1.807) is 6.07 Å². The van der Waals surface area contributed by atoms with Crippen molar-refractivity contribution >= 4 is 5.76 Å². The van der Waals surface area contributed by atoms with E-state index in [9.17, 15) is 5.11 Å². The maximum Gasteiger partial charge on any atom is 0.127 e. The van der Waals surface area contributed by atoms with E-state index in [2.05, 4.69) is 44.2 Å². The Morgan fingerprint density at radius 3 is 2.56 bits per heavy atom. The SMILES string of the molecule is CC1(C)CCCC2(Cc3ccccc3)COC(c3cccc(O)c3)=C12. The molecule has 0 bridgehead atoms. The Bertz CT molecular complexity index is 804. The van der Waals surface area contributed by atoms with Crippen molar-refractivity contribution in [2.75, 3.05) is 6.61 Å². The molecule has 2 nitrogen and oxygen atoms in total. The number of benzene rings is 2. The fourth-order valence-corrected chi connectivity index (χ4v) is 4.90. The topological polar surface area (TPSA) is 29.5 Å². The van der Waals surface area contributed by atoms with E-state index in [0.717, 1.165) is 24.4 Å².